The lowest BCUT2D eigenvalue weighted by molar-refractivity contribution is 0.0934. The number of sulfonamides is 1. The van der Waals surface area contributed by atoms with Gasteiger partial charge in [-0.15, -0.1) is 0 Å². The van der Waals surface area contributed by atoms with Crippen LogP contribution < -0.4 is 16.2 Å². The number of hydrogen-bond donors (Lipinski definition) is 3. The minimum atomic E-state index is -3.71. The van der Waals surface area contributed by atoms with Crippen molar-refractivity contribution in [2.75, 3.05) is 13.1 Å². The predicted molar refractivity (Wildman–Crippen MR) is 130 cm³/mol. The molecule has 0 aliphatic carbocycles. The molecule has 9 heteroatoms. The Kier molecular flexibility index (Phi) is 8.40. The van der Waals surface area contributed by atoms with Gasteiger partial charge in [-0.25, -0.2) is 18.6 Å². The predicted octanol–water partition coefficient (Wildman–Crippen LogP) is 3.63. The van der Waals surface area contributed by atoms with Crippen LogP contribution in [0.4, 0.5) is 4.79 Å². The number of nitrogens with one attached hydrogen (secondary N) is 3. The van der Waals surface area contributed by atoms with E-state index in [0.717, 1.165) is 16.7 Å². The second-order valence-corrected chi connectivity index (χ2v) is 10.1. The third kappa shape index (κ3) is 6.43. The maximum absolute atomic E-state index is 12.7. The Balaban J connectivity index is 2.07. The van der Waals surface area contributed by atoms with Gasteiger partial charge in [-0.1, -0.05) is 50.3 Å². The molecule has 0 saturated heterocycles. The average Bonchev–Trinajstić information content (AvgIpc) is 2.78. The molecule has 8 nitrogen and oxygen atoms in total. The van der Waals surface area contributed by atoms with Gasteiger partial charge in [-0.05, 0) is 56.2 Å². The number of hydrogen-bond acceptors (Lipinski definition) is 4. The van der Waals surface area contributed by atoms with Gasteiger partial charge in [0.15, 0.2) is 0 Å². The molecule has 0 atom stereocenters. The zero-order valence-corrected chi connectivity index (χ0v) is 20.5. The highest BCUT2D eigenvalue weighted by Gasteiger charge is 2.24. The van der Waals surface area contributed by atoms with Gasteiger partial charge in [-0.2, -0.15) is 4.31 Å². The lowest BCUT2D eigenvalue weighted by Crippen LogP contribution is -2.52. The summed E-state index contributed by atoms with van der Waals surface area (Å²) in [5.74, 6) is -0.635. The highest BCUT2D eigenvalue weighted by Crippen LogP contribution is 2.23. The Morgan fingerprint density at radius 3 is 2.18 bits per heavy atom. The van der Waals surface area contributed by atoms with E-state index >= 15 is 0 Å². The van der Waals surface area contributed by atoms with Gasteiger partial charge in [-0.3, -0.25) is 10.2 Å². The Hall–Kier alpha value is -3.17. The van der Waals surface area contributed by atoms with Crippen LogP contribution in [0.1, 0.15) is 56.1 Å². The standard InChI is InChI=1S/C24H32N4O4S/c1-7-28(8-2)33(31,32)21-14-10-12-19(16-21)22(29)26-27-23(30)25-24(5,6)20-13-9-11-18(15-20)17(3)4/h9-16H,3,7-8H2,1-2,4-6H3,(H,26,29)(H2,25,27,30). The number of benzene rings is 2. The molecule has 0 spiro atoms. The number of rotatable bonds is 8. The summed E-state index contributed by atoms with van der Waals surface area (Å²) in [7, 11) is -3.71. The fourth-order valence-electron chi connectivity index (χ4n) is 3.26. The van der Waals surface area contributed by atoms with Crippen molar-refractivity contribution < 1.29 is 18.0 Å². The normalized spacial score (nSPS) is 11.7. The van der Waals surface area contributed by atoms with Crippen molar-refractivity contribution >= 4 is 27.5 Å². The summed E-state index contributed by atoms with van der Waals surface area (Å²) in [6.07, 6.45) is 0. The molecule has 2 rings (SSSR count). The van der Waals surface area contributed by atoms with Crippen LogP contribution in [0, 0.1) is 0 Å². The summed E-state index contributed by atoms with van der Waals surface area (Å²) < 4.78 is 26.7. The Bertz CT molecular complexity index is 1140. The molecule has 33 heavy (non-hydrogen) atoms. The van der Waals surface area contributed by atoms with Crippen LogP contribution in [0.25, 0.3) is 5.57 Å². The first-order valence-electron chi connectivity index (χ1n) is 10.7. The van der Waals surface area contributed by atoms with E-state index in [0.29, 0.717) is 13.1 Å². The van der Waals surface area contributed by atoms with Gasteiger partial charge in [0, 0.05) is 18.7 Å². The van der Waals surface area contributed by atoms with Gasteiger partial charge < -0.3 is 5.32 Å². The summed E-state index contributed by atoms with van der Waals surface area (Å²) in [5.41, 5.74) is 6.77. The van der Waals surface area contributed by atoms with E-state index in [9.17, 15) is 18.0 Å². The quantitative estimate of drug-likeness (QED) is 0.510. The molecule has 0 heterocycles. The molecule has 0 fully saturated rings. The van der Waals surface area contributed by atoms with Crippen molar-refractivity contribution in [2.24, 2.45) is 0 Å². The summed E-state index contributed by atoms with van der Waals surface area (Å²) in [5, 5.41) is 2.81. The molecule has 0 aliphatic rings. The third-order valence-corrected chi connectivity index (χ3v) is 7.28. The second kappa shape index (κ2) is 10.6. The SMILES string of the molecule is C=C(C)c1cccc(C(C)(C)NC(=O)NNC(=O)c2cccc(S(=O)(=O)N(CC)CC)c2)c1. The second-order valence-electron chi connectivity index (χ2n) is 8.14. The van der Waals surface area contributed by atoms with Crippen LogP contribution in [0.2, 0.25) is 0 Å². The van der Waals surface area contributed by atoms with E-state index in [1.54, 1.807) is 13.8 Å². The highest BCUT2D eigenvalue weighted by atomic mass is 32.2. The number of nitrogens with zero attached hydrogens (tertiary/aromatic N) is 1. The largest absolute Gasteiger partial charge is 0.334 e. The van der Waals surface area contributed by atoms with E-state index in [1.165, 1.54) is 28.6 Å². The first-order chi connectivity index (χ1) is 15.4. The van der Waals surface area contributed by atoms with Crippen molar-refractivity contribution in [1.82, 2.24) is 20.5 Å². The summed E-state index contributed by atoms with van der Waals surface area (Å²) >= 11 is 0. The molecular weight excluding hydrogens is 440 g/mol. The lowest BCUT2D eigenvalue weighted by atomic mass is 9.92. The van der Waals surface area contributed by atoms with Gasteiger partial charge in [0.1, 0.15) is 0 Å². The summed E-state index contributed by atoms with van der Waals surface area (Å²) in [6.45, 7) is 13.7. The first-order valence-corrected chi connectivity index (χ1v) is 12.1. The van der Waals surface area contributed by atoms with Gasteiger partial charge >= 0.3 is 6.03 Å². The van der Waals surface area contributed by atoms with E-state index in [-0.39, 0.29) is 10.5 Å². The fraction of sp³-hybridized carbons (Fsp3) is 0.333. The number of allylic oxidation sites excluding steroid dienone is 1. The van der Waals surface area contributed by atoms with Gasteiger partial charge in [0.05, 0.1) is 10.4 Å². The van der Waals surface area contributed by atoms with Crippen molar-refractivity contribution in [1.29, 1.82) is 0 Å². The van der Waals surface area contributed by atoms with E-state index in [1.807, 2.05) is 45.0 Å². The molecular formula is C24H32N4O4S. The molecule has 0 bridgehead atoms. The molecule has 0 unspecified atom stereocenters. The average molecular weight is 473 g/mol. The van der Waals surface area contributed by atoms with E-state index in [4.69, 9.17) is 0 Å². The van der Waals surface area contributed by atoms with Crippen molar-refractivity contribution in [2.45, 2.75) is 45.1 Å². The number of amides is 3. The van der Waals surface area contributed by atoms with Crippen LogP contribution in [-0.2, 0) is 15.6 Å². The smallest absolute Gasteiger partial charge is 0.328 e. The summed E-state index contributed by atoms with van der Waals surface area (Å²) in [6, 6.07) is 12.8. The van der Waals surface area contributed by atoms with Crippen LogP contribution in [0.5, 0.6) is 0 Å². The molecule has 2 aromatic carbocycles. The van der Waals surface area contributed by atoms with Crippen LogP contribution in [-0.4, -0.2) is 37.8 Å². The first kappa shape index (κ1) is 26.1. The van der Waals surface area contributed by atoms with Crippen LogP contribution >= 0.6 is 0 Å². The molecule has 2 aromatic rings. The van der Waals surface area contributed by atoms with Gasteiger partial charge in [0.2, 0.25) is 10.0 Å². The highest BCUT2D eigenvalue weighted by molar-refractivity contribution is 7.89. The number of urea groups is 1. The van der Waals surface area contributed by atoms with Crippen molar-refractivity contribution in [3.63, 3.8) is 0 Å². The Morgan fingerprint density at radius 1 is 0.970 bits per heavy atom. The molecule has 0 aromatic heterocycles. The monoisotopic (exact) mass is 472 g/mol. The molecule has 0 radical (unpaired) electrons. The zero-order valence-electron chi connectivity index (χ0n) is 19.7. The maximum atomic E-state index is 12.7. The molecule has 0 aliphatic heterocycles. The molecule has 178 valence electrons. The number of hydrazine groups is 1. The minimum absolute atomic E-state index is 0.0156. The summed E-state index contributed by atoms with van der Waals surface area (Å²) in [4.78, 5) is 25.0. The molecule has 3 N–H and O–H groups in total. The topological polar surface area (TPSA) is 108 Å². The number of carbonyl (C=O) groups is 2. The van der Waals surface area contributed by atoms with E-state index in [2.05, 4.69) is 22.7 Å². The lowest BCUT2D eigenvalue weighted by Gasteiger charge is -2.27. The number of carbonyl (C=O) groups excluding carboxylic acids is 2. The van der Waals surface area contributed by atoms with Crippen LogP contribution in [0.15, 0.2) is 60.0 Å². The minimum Gasteiger partial charge on any atom is -0.328 e. The van der Waals surface area contributed by atoms with E-state index < -0.39 is 27.5 Å². The maximum Gasteiger partial charge on any atom is 0.334 e. The van der Waals surface area contributed by atoms with Crippen molar-refractivity contribution in [3.8, 4) is 0 Å². The van der Waals surface area contributed by atoms with Crippen molar-refractivity contribution in [3.05, 3.63) is 71.8 Å². The zero-order chi connectivity index (χ0) is 24.8. The Morgan fingerprint density at radius 2 is 1.58 bits per heavy atom. The van der Waals surface area contributed by atoms with Crippen LogP contribution in [0.3, 0.4) is 0 Å². The Labute approximate surface area is 196 Å². The third-order valence-electron chi connectivity index (χ3n) is 5.23. The fourth-order valence-corrected chi connectivity index (χ4v) is 4.76. The van der Waals surface area contributed by atoms with Gasteiger partial charge in [0.25, 0.3) is 5.91 Å². The molecule has 3 amide bonds. The molecule has 0 saturated carbocycles.